The number of hydrogen-bond acceptors (Lipinski definition) is 5. The van der Waals surface area contributed by atoms with Gasteiger partial charge in [0.15, 0.2) is 0 Å². The van der Waals surface area contributed by atoms with E-state index in [2.05, 4.69) is 15.7 Å². The molecule has 1 aliphatic heterocycles. The SMILES string of the molecule is Cc1ccccc1-n1nc2c(c1NC(=O)C(=O)NCc1ccco1)CSC2. The number of aromatic nitrogens is 2. The van der Waals surface area contributed by atoms with Gasteiger partial charge >= 0.3 is 11.8 Å². The molecule has 2 aromatic heterocycles. The minimum atomic E-state index is -0.726. The van der Waals surface area contributed by atoms with Gasteiger partial charge in [-0.15, -0.1) is 0 Å². The van der Waals surface area contributed by atoms with E-state index in [1.807, 2.05) is 31.2 Å². The van der Waals surface area contributed by atoms with E-state index in [-0.39, 0.29) is 6.54 Å². The number of nitrogens with zero attached hydrogens (tertiary/aromatic N) is 2. The second kappa shape index (κ2) is 7.32. The van der Waals surface area contributed by atoms with Gasteiger partial charge in [-0.1, -0.05) is 18.2 Å². The van der Waals surface area contributed by atoms with Crippen molar-refractivity contribution in [1.29, 1.82) is 0 Å². The van der Waals surface area contributed by atoms with Crippen LogP contribution in [-0.2, 0) is 27.6 Å². The van der Waals surface area contributed by atoms with Crippen LogP contribution in [0.5, 0.6) is 0 Å². The van der Waals surface area contributed by atoms with Crippen LogP contribution in [0.1, 0.15) is 22.6 Å². The van der Waals surface area contributed by atoms with Crippen LogP contribution in [0.4, 0.5) is 5.82 Å². The summed E-state index contributed by atoms with van der Waals surface area (Å²) in [6.45, 7) is 2.14. The molecular weight excluding hydrogens is 364 g/mol. The molecule has 8 heteroatoms. The summed E-state index contributed by atoms with van der Waals surface area (Å²) >= 11 is 1.74. The molecule has 0 spiro atoms. The van der Waals surface area contributed by atoms with Crippen LogP contribution in [0, 0.1) is 6.92 Å². The Morgan fingerprint density at radius 1 is 1.19 bits per heavy atom. The van der Waals surface area contributed by atoms with Crippen molar-refractivity contribution < 1.29 is 14.0 Å². The van der Waals surface area contributed by atoms with Gasteiger partial charge < -0.3 is 15.1 Å². The highest BCUT2D eigenvalue weighted by Crippen LogP contribution is 2.36. The third-order valence-corrected chi connectivity index (χ3v) is 5.31. The first-order chi connectivity index (χ1) is 13.1. The number of rotatable bonds is 4. The number of carbonyl (C=O) groups is 2. The zero-order valence-electron chi connectivity index (χ0n) is 14.7. The van der Waals surface area contributed by atoms with Crippen LogP contribution in [-0.4, -0.2) is 21.6 Å². The van der Waals surface area contributed by atoms with Gasteiger partial charge in [-0.05, 0) is 30.7 Å². The zero-order valence-corrected chi connectivity index (χ0v) is 15.5. The second-order valence-electron chi connectivity index (χ2n) is 6.18. The zero-order chi connectivity index (χ0) is 18.8. The molecule has 1 aromatic carbocycles. The van der Waals surface area contributed by atoms with Crippen LogP contribution < -0.4 is 10.6 Å². The number of furan rings is 1. The Hall–Kier alpha value is -3.00. The molecule has 0 bridgehead atoms. The summed E-state index contributed by atoms with van der Waals surface area (Å²) in [4.78, 5) is 24.6. The monoisotopic (exact) mass is 382 g/mol. The van der Waals surface area contributed by atoms with E-state index < -0.39 is 11.8 Å². The number of carbonyl (C=O) groups excluding carboxylic acids is 2. The highest BCUT2D eigenvalue weighted by atomic mass is 32.2. The smallest absolute Gasteiger partial charge is 0.314 e. The summed E-state index contributed by atoms with van der Waals surface area (Å²) in [6, 6.07) is 11.3. The highest BCUT2D eigenvalue weighted by Gasteiger charge is 2.26. The van der Waals surface area contributed by atoms with E-state index in [4.69, 9.17) is 4.42 Å². The molecule has 4 rings (SSSR count). The number of anilines is 1. The lowest BCUT2D eigenvalue weighted by Gasteiger charge is -2.12. The predicted octanol–water partition coefficient (Wildman–Crippen LogP) is 2.78. The summed E-state index contributed by atoms with van der Waals surface area (Å²) in [5.41, 5.74) is 3.82. The molecule has 0 radical (unpaired) electrons. The minimum Gasteiger partial charge on any atom is -0.467 e. The summed E-state index contributed by atoms with van der Waals surface area (Å²) < 4.78 is 6.88. The molecule has 7 nitrogen and oxygen atoms in total. The molecule has 0 fully saturated rings. The van der Waals surface area contributed by atoms with E-state index in [1.165, 1.54) is 6.26 Å². The number of amides is 2. The maximum Gasteiger partial charge on any atom is 0.314 e. The lowest BCUT2D eigenvalue weighted by molar-refractivity contribution is -0.136. The molecule has 3 aromatic rings. The van der Waals surface area contributed by atoms with Gasteiger partial charge in [-0.25, -0.2) is 4.68 Å². The Morgan fingerprint density at radius 2 is 2.04 bits per heavy atom. The average Bonchev–Trinajstić information content (AvgIpc) is 3.39. The fourth-order valence-corrected chi connectivity index (χ4v) is 3.98. The van der Waals surface area contributed by atoms with Gasteiger partial charge in [0.05, 0.1) is 24.2 Å². The molecule has 138 valence electrons. The van der Waals surface area contributed by atoms with E-state index in [0.29, 0.717) is 11.6 Å². The fourth-order valence-electron chi connectivity index (χ4n) is 2.94. The highest BCUT2D eigenvalue weighted by molar-refractivity contribution is 7.98. The summed E-state index contributed by atoms with van der Waals surface area (Å²) in [5.74, 6) is 1.24. The van der Waals surface area contributed by atoms with Crippen molar-refractivity contribution >= 4 is 29.4 Å². The average molecular weight is 382 g/mol. The number of thioether (sulfide) groups is 1. The molecule has 0 atom stereocenters. The van der Waals surface area contributed by atoms with Crippen molar-refractivity contribution in [3.63, 3.8) is 0 Å². The van der Waals surface area contributed by atoms with Crippen LogP contribution in [0.25, 0.3) is 5.69 Å². The molecule has 1 aliphatic rings. The molecule has 0 saturated heterocycles. The van der Waals surface area contributed by atoms with Crippen molar-refractivity contribution in [2.24, 2.45) is 0 Å². The standard InChI is InChI=1S/C19H18N4O3S/c1-12-5-2-3-7-16(12)23-17(14-10-27-11-15(14)22-23)21-19(25)18(24)20-9-13-6-4-8-26-13/h2-8H,9-11H2,1H3,(H,20,24)(H,21,25). The van der Waals surface area contributed by atoms with Gasteiger partial charge in [-0.3, -0.25) is 9.59 Å². The number of hydrogen-bond donors (Lipinski definition) is 2. The van der Waals surface area contributed by atoms with Gasteiger partial charge in [-0.2, -0.15) is 16.9 Å². The third-order valence-electron chi connectivity index (χ3n) is 4.34. The topological polar surface area (TPSA) is 89.2 Å². The quantitative estimate of drug-likeness (QED) is 0.678. The largest absolute Gasteiger partial charge is 0.467 e. The minimum absolute atomic E-state index is 0.157. The number of aryl methyl sites for hydroxylation is 1. The lowest BCUT2D eigenvalue weighted by Crippen LogP contribution is -2.35. The predicted molar refractivity (Wildman–Crippen MR) is 102 cm³/mol. The number of benzene rings is 1. The van der Waals surface area contributed by atoms with Crippen LogP contribution in [0.2, 0.25) is 0 Å². The van der Waals surface area contributed by atoms with Crippen LogP contribution in [0.15, 0.2) is 47.1 Å². The van der Waals surface area contributed by atoms with Gasteiger partial charge in [0, 0.05) is 17.1 Å². The van der Waals surface area contributed by atoms with Crippen molar-refractivity contribution in [3.05, 3.63) is 65.2 Å². The maximum atomic E-state index is 12.4. The number of nitrogens with one attached hydrogen (secondary N) is 2. The van der Waals surface area contributed by atoms with E-state index >= 15 is 0 Å². The molecule has 0 saturated carbocycles. The molecular formula is C19H18N4O3S. The first kappa shape index (κ1) is 17.4. The summed E-state index contributed by atoms with van der Waals surface area (Å²) in [6.07, 6.45) is 1.52. The van der Waals surface area contributed by atoms with Crippen LogP contribution >= 0.6 is 11.8 Å². The maximum absolute atomic E-state index is 12.4. The second-order valence-corrected chi connectivity index (χ2v) is 7.17. The number of para-hydroxylation sites is 1. The van der Waals surface area contributed by atoms with Crippen molar-refractivity contribution in [2.75, 3.05) is 5.32 Å². The van der Waals surface area contributed by atoms with Crippen molar-refractivity contribution in [2.45, 2.75) is 25.0 Å². The molecule has 0 unspecified atom stereocenters. The molecule has 2 N–H and O–H groups in total. The summed E-state index contributed by atoms with van der Waals surface area (Å²) in [7, 11) is 0. The summed E-state index contributed by atoms with van der Waals surface area (Å²) in [5, 5.41) is 9.96. The van der Waals surface area contributed by atoms with Gasteiger partial charge in [0.1, 0.15) is 11.6 Å². The molecule has 3 heterocycles. The van der Waals surface area contributed by atoms with Gasteiger partial charge in [0.2, 0.25) is 0 Å². The van der Waals surface area contributed by atoms with Crippen molar-refractivity contribution in [3.8, 4) is 5.69 Å². The third kappa shape index (κ3) is 3.48. The van der Waals surface area contributed by atoms with E-state index in [9.17, 15) is 9.59 Å². The Morgan fingerprint density at radius 3 is 2.81 bits per heavy atom. The first-order valence-corrected chi connectivity index (χ1v) is 9.65. The van der Waals surface area contributed by atoms with Gasteiger partial charge in [0.25, 0.3) is 0 Å². The van der Waals surface area contributed by atoms with Crippen LogP contribution in [0.3, 0.4) is 0 Å². The van der Waals surface area contributed by atoms with E-state index in [1.54, 1.807) is 28.6 Å². The Bertz CT molecular complexity index is 995. The van der Waals surface area contributed by atoms with E-state index in [0.717, 1.165) is 34.0 Å². The van der Waals surface area contributed by atoms with Crippen molar-refractivity contribution in [1.82, 2.24) is 15.1 Å². The molecule has 2 amide bonds. The molecule has 0 aliphatic carbocycles. The Balaban J connectivity index is 1.57. The normalized spacial score (nSPS) is 12.6. The first-order valence-electron chi connectivity index (χ1n) is 8.49. The fraction of sp³-hybridized carbons (Fsp3) is 0.211. The Labute approximate surface area is 160 Å². The number of fused-ring (bicyclic) bond motifs is 1. The molecule has 27 heavy (non-hydrogen) atoms. The Kier molecular flexibility index (Phi) is 4.72. The lowest BCUT2D eigenvalue weighted by atomic mass is 10.2.